The minimum absolute atomic E-state index is 0.714. The summed E-state index contributed by atoms with van der Waals surface area (Å²) in [5, 5.41) is 3.57. The molecule has 0 bridgehead atoms. The molecule has 0 aromatic heterocycles. The van der Waals surface area contributed by atoms with E-state index in [9.17, 15) is 0 Å². The van der Waals surface area contributed by atoms with Gasteiger partial charge < -0.3 is 5.32 Å². The van der Waals surface area contributed by atoms with Gasteiger partial charge in [-0.2, -0.15) is 11.8 Å². The minimum atomic E-state index is 0.714. The lowest BCUT2D eigenvalue weighted by Gasteiger charge is -2.23. The highest BCUT2D eigenvalue weighted by Crippen LogP contribution is 2.13. The second-order valence-corrected chi connectivity index (χ2v) is 4.77. The maximum atomic E-state index is 3.57. The lowest BCUT2D eigenvalue weighted by Crippen LogP contribution is -2.36. The van der Waals surface area contributed by atoms with Crippen molar-refractivity contribution in [2.75, 3.05) is 18.1 Å². The molecule has 0 saturated heterocycles. The molecule has 0 rings (SSSR count). The van der Waals surface area contributed by atoms with Crippen LogP contribution in [-0.2, 0) is 0 Å². The summed E-state index contributed by atoms with van der Waals surface area (Å²) in [6, 6.07) is 0.714. The number of thioether (sulfide) groups is 1. The molecule has 0 fully saturated rings. The van der Waals surface area contributed by atoms with Crippen molar-refractivity contribution in [1.29, 1.82) is 0 Å². The molecule has 0 spiro atoms. The van der Waals surface area contributed by atoms with Gasteiger partial charge in [0.15, 0.2) is 0 Å². The Morgan fingerprint density at radius 2 is 1.92 bits per heavy atom. The molecule has 0 heterocycles. The number of hydrogen-bond acceptors (Lipinski definition) is 2. The van der Waals surface area contributed by atoms with Crippen molar-refractivity contribution in [3.05, 3.63) is 0 Å². The van der Waals surface area contributed by atoms with Crippen LogP contribution in [0, 0.1) is 5.92 Å². The van der Waals surface area contributed by atoms with Gasteiger partial charge in [0, 0.05) is 11.8 Å². The Hall–Kier alpha value is 0.310. The zero-order chi connectivity index (χ0) is 10.1. The molecule has 0 amide bonds. The summed E-state index contributed by atoms with van der Waals surface area (Å²) in [5.41, 5.74) is 0. The molecule has 0 aliphatic rings. The summed E-state index contributed by atoms with van der Waals surface area (Å²) in [6.45, 7) is 10.2. The van der Waals surface area contributed by atoms with E-state index in [-0.39, 0.29) is 0 Å². The van der Waals surface area contributed by atoms with Crippen molar-refractivity contribution >= 4 is 11.8 Å². The van der Waals surface area contributed by atoms with E-state index in [4.69, 9.17) is 0 Å². The predicted molar refractivity (Wildman–Crippen MR) is 64.5 cm³/mol. The van der Waals surface area contributed by atoms with Crippen molar-refractivity contribution in [3.8, 4) is 0 Å². The van der Waals surface area contributed by atoms with Gasteiger partial charge in [-0.1, -0.05) is 34.1 Å². The van der Waals surface area contributed by atoms with Gasteiger partial charge in [0.2, 0.25) is 0 Å². The van der Waals surface area contributed by atoms with Crippen molar-refractivity contribution in [3.63, 3.8) is 0 Å². The highest BCUT2D eigenvalue weighted by molar-refractivity contribution is 7.99. The van der Waals surface area contributed by atoms with E-state index >= 15 is 0 Å². The lowest BCUT2D eigenvalue weighted by atomic mass is 10.0. The van der Waals surface area contributed by atoms with Crippen LogP contribution in [0.15, 0.2) is 0 Å². The van der Waals surface area contributed by atoms with Crippen LogP contribution in [-0.4, -0.2) is 24.1 Å². The van der Waals surface area contributed by atoms with E-state index < -0.39 is 0 Å². The van der Waals surface area contributed by atoms with Crippen LogP contribution >= 0.6 is 11.8 Å². The van der Waals surface area contributed by atoms with Gasteiger partial charge in [0.25, 0.3) is 0 Å². The molecule has 2 atom stereocenters. The first-order valence-corrected chi connectivity index (χ1v) is 6.72. The lowest BCUT2D eigenvalue weighted by molar-refractivity contribution is 0.404. The van der Waals surface area contributed by atoms with Gasteiger partial charge in [-0.15, -0.1) is 0 Å². The molecule has 0 aliphatic carbocycles. The molecular weight excluding hydrogens is 178 g/mol. The molecule has 80 valence electrons. The third-order valence-corrected chi connectivity index (χ3v) is 3.73. The second-order valence-electron chi connectivity index (χ2n) is 3.62. The maximum absolute atomic E-state index is 3.57. The Morgan fingerprint density at radius 3 is 2.38 bits per heavy atom. The zero-order valence-corrected chi connectivity index (χ0v) is 10.4. The van der Waals surface area contributed by atoms with Crippen LogP contribution in [0.5, 0.6) is 0 Å². The summed E-state index contributed by atoms with van der Waals surface area (Å²) in [6.07, 6.45) is 2.58. The first kappa shape index (κ1) is 13.3. The minimum Gasteiger partial charge on any atom is -0.313 e. The van der Waals surface area contributed by atoms with Gasteiger partial charge in [0.05, 0.1) is 0 Å². The SMILES string of the molecule is CCCSCC(NCC)C(C)CC. The Balaban J connectivity index is 3.65. The quantitative estimate of drug-likeness (QED) is 0.608. The highest BCUT2D eigenvalue weighted by Gasteiger charge is 2.13. The Bertz CT molecular complexity index is 106. The molecule has 1 N–H and O–H groups in total. The van der Waals surface area contributed by atoms with Crippen molar-refractivity contribution in [1.82, 2.24) is 5.32 Å². The molecule has 2 heteroatoms. The molecule has 1 nitrogen and oxygen atoms in total. The first-order valence-electron chi connectivity index (χ1n) is 5.57. The molecule has 0 aromatic carbocycles. The predicted octanol–water partition coefficient (Wildman–Crippen LogP) is 3.15. The maximum Gasteiger partial charge on any atom is 0.0183 e. The Labute approximate surface area is 88.1 Å². The van der Waals surface area contributed by atoms with E-state index in [2.05, 4.69) is 44.8 Å². The summed E-state index contributed by atoms with van der Waals surface area (Å²) >= 11 is 2.08. The summed E-state index contributed by atoms with van der Waals surface area (Å²) in [4.78, 5) is 0. The number of nitrogens with one attached hydrogen (secondary N) is 1. The molecule has 13 heavy (non-hydrogen) atoms. The Morgan fingerprint density at radius 1 is 1.23 bits per heavy atom. The van der Waals surface area contributed by atoms with Crippen molar-refractivity contribution in [2.24, 2.45) is 5.92 Å². The molecular formula is C11H25NS. The average molecular weight is 203 g/mol. The van der Waals surface area contributed by atoms with Crippen LogP contribution in [0.2, 0.25) is 0 Å². The van der Waals surface area contributed by atoms with E-state index in [0.717, 1.165) is 12.5 Å². The normalized spacial score (nSPS) is 15.7. The summed E-state index contributed by atoms with van der Waals surface area (Å²) in [5.74, 6) is 3.39. The van der Waals surface area contributed by atoms with E-state index in [0.29, 0.717) is 6.04 Å². The molecule has 0 aliphatic heterocycles. The third kappa shape index (κ3) is 6.39. The van der Waals surface area contributed by atoms with Crippen LogP contribution in [0.4, 0.5) is 0 Å². The van der Waals surface area contributed by atoms with E-state index in [1.807, 2.05) is 0 Å². The van der Waals surface area contributed by atoms with Crippen LogP contribution in [0.3, 0.4) is 0 Å². The highest BCUT2D eigenvalue weighted by atomic mass is 32.2. The standard InChI is InChI=1S/C11H25NS/c1-5-8-13-9-11(12-7-3)10(4)6-2/h10-12H,5-9H2,1-4H3. The fraction of sp³-hybridized carbons (Fsp3) is 1.00. The number of rotatable bonds is 8. The zero-order valence-electron chi connectivity index (χ0n) is 9.60. The van der Waals surface area contributed by atoms with Crippen LogP contribution in [0.25, 0.3) is 0 Å². The fourth-order valence-electron chi connectivity index (χ4n) is 1.33. The summed E-state index contributed by atoms with van der Waals surface area (Å²) in [7, 11) is 0. The summed E-state index contributed by atoms with van der Waals surface area (Å²) < 4.78 is 0. The molecule has 2 unspecified atom stereocenters. The fourth-order valence-corrected chi connectivity index (χ4v) is 2.48. The largest absolute Gasteiger partial charge is 0.313 e. The first-order chi connectivity index (χ1) is 6.26. The van der Waals surface area contributed by atoms with Crippen LogP contribution in [0.1, 0.15) is 40.5 Å². The smallest absolute Gasteiger partial charge is 0.0183 e. The molecule has 0 radical (unpaired) electrons. The molecule has 0 aromatic rings. The van der Waals surface area contributed by atoms with Gasteiger partial charge in [-0.3, -0.25) is 0 Å². The van der Waals surface area contributed by atoms with Gasteiger partial charge in [0.1, 0.15) is 0 Å². The topological polar surface area (TPSA) is 12.0 Å². The number of hydrogen-bond donors (Lipinski definition) is 1. The van der Waals surface area contributed by atoms with Gasteiger partial charge in [-0.25, -0.2) is 0 Å². The second kappa shape index (κ2) is 8.89. The third-order valence-electron chi connectivity index (χ3n) is 2.44. The molecule has 0 saturated carbocycles. The van der Waals surface area contributed by atoms with Crippen molar-refractivity contribution < 1.29 is 0 Å². The average Bonchev–Trinajstić information content (AvgIpc) is 2.16. The van der Waals surface area contributed by atoms with Gasteiger partial charge >= 0.3 is 0 Å². The van der Waals surface area contributed by atoms with E-state index in [1.165, 1.54) is 24.3 Å². The van der Waals surface area contributed by atoms with Gasteiger partial charge in [-0.05, 0) is 24.6 Å². The van der Waals surface area contributed by atoms with Crippen molar-refractivity contribution in [2.45, 2.75) is 46.6 Å². The van der Waals surface area contributed by atoms with E-state index in [1.54, 1.807) is 0 Å². The van der Waals surface area contributed by atoms with Crippen LogP contribution < -0.4 is 5.32 Å². The Kier molecular flexibility index (Phi) is 9.10. The monoisotopic (exact) mass is 203 g/mol.